The van der Waals surface area contributed by atoms with Crippen LogP contribution in [0, 0.1) is 11.8 Å². The van der Waals surface area contributed by atoms with Crippen molar-refractivity contribution in [1.29, 1.82) is 0 Å². The number of amides is 2. The predicted octanol–water partition coefficient (Wildman–Crippen LogP) is 4.31. The van der Waals surface area contributed by atoms with E-state index in [1.54, 1.807) is 30.5 Å². The van der Waals surface area contributed by atoms with Crippen molar-refractivity contribution in [2.24, 2.45) is 11.8 Å². The summed E-state index contributed by atoms with van der Waals surface area (Å²) in [6.45, 7) is 3.69. The molecule has 0 spiro atoms. The van der Waals surface area contributed by atoms with E-state index in [9.17, 15) is 19.5 Å². The van der Waals surface area contributed by atoms with Gasteiger partial charge in [-0.15, -0.1) is 11.8 Å². The molecule has 0 aromatic heterocycles. The van der Waals surface area contributed by atoms with Crippen LogP contribution in [0.15, 0.2) is 48.5 Å². The van der Waals surface area contributed by atoms with Gasteiger partial charge in [0.25, 0.3) is 0 Å². The zero-order chi connectivity index (χ0) is 24.7. The van der Waals surface area contributed by atoms with E-state index in [0.29, 0.717) is 11.7 Å². The standard InChI is InChI=1S/C27H30N2O5S/c1-15(24(30)29-23(26(31)32)14-35-25(29)17-11-12-17)16(2)28-27(33)34-13-22-20-9-5-3-7-18(20)19-8-4-6-10-21(19)22/h3-10,15-17,22-23,25H,11-14H2,1-2H3,(H,28,33)(H,31,32). The normalized spacial score (nSPS) is 22.7. The quantitative estimate of drug-likeness (QED) is 0.595. The molecule has 0 bridgehead atoms. The largest absolute Gasteiger partial charge is 0.480 e. The third kappa shape index (κ3) is 4.51. The van der Waals surface area contributed by atoms with Gasteiger partial charge in [-0.3, -0.25) is 4.79 Å². The van der Waals surface area contributed by atoms with Crippen molar-refractivity contribution in [1.82, 2.24) is 10.2 Å². The highest BCUT2D eigenvalue weighted by molar-refractivity contribution is 8.00. The second-order valence-corrected chi connectivity index (χ2v) is 10.9. The Kier molecular flexibility index (Phi) is 6.49. The molecular formula is C27H30N2O5S. The summed E-state index contributed by atoms with van der Waals surface area (Å²) in [5.74, 6) is -1.05. The maximum Gasteiger partial charge on any atom is 0.407 e. The van der Waals surface area contributed by atoms with Crippen molar-refractivity contribution in [3.8, 4) is 11.1 Å². The third-order valence-electron chi connectivity index (χ3n) is 7.43. The van der Waals surface area contributed by atoms with E-state index in [-0.39, 0.29) is 23.8 Å². The Labute approximate surface area is 209 Å². The highest BCUT2D eigenvalue weighted by Crippen LogP contribution is 2.46. The number of carbonyl (C=O) groups excluding carboxylic acids is 2. The first kappa shape index (κ1) is 23.7. The minimum atomic E-state index is -0.974. The molecular weight excluding hydrogens is 464 g/mol. The number of carboxylic acids is 1. The molecule has 2 amide bonds. The summed E-state index contributed by atoms with van der Waals surface area (Å²) in [5, 5.41) is 12.3. The second kappa shape index (κ2) is 9.57. The molecule has 4 unspecified atom stereocenters. The van der Waals surface area contributed by atoms with Gasteiger partial charge in [0, 0.05) is 17.7 Å². The number of alkyl carbamates (subject to hydrolysis) is 1. The van der Waals surface area contributed by atoms with Crippen LogP contribution in [-0.2, 0) is 14.3 Å². The van der Waals surface area contributed by atoms with Gasteiger partial charge in [0.1, 0.15) is 12.6 Å². The number of ether oxygens (including phenoxy) is 1. The number of aliphatic carboxylic acids is 1. The summed E-state index contributed by atoms with van der Waals surface area (Å²) in [4.78, 5) is 39.3. The Balaban J connectivity index is 1.21. The lowest BCUT2D eigenvalue weighted by molar-refractivity contribution is -0.151. The number of hydrogen-bond donors (Lipinski definition) is 2. The van der Waals surface area contributed by atoms with Crippen LogP contribution in [0.25, 0.3) is 11.1 Å². The molecule has 2 aromatic carbocycles. The van der Waals surface area contributed by atoms with Crippen molar-refractivity contribution >= 4 is 29.7 Å². The van der Waals surface area contributed by atoms with E-state index in [4.69, 9.17) is 4.74 Å². The van der Waals surface area contributed by atoms with Crippen LogP contribution < -0.4 is 5.32 Å². The molecule has 2 fully saturated rings. The summed E-state index contributed by atoms with van der Waals surface area (Å²) in [5.41, 5.74) is 4.59. The van der Waals surface area contributed by atoms with Gasteiger partial charge >= 0.3 is 12.1 Å². The summed E-state index contributed by atoms with van der Waals surface area (Å²) in [7, 11) is 0. The highest BCUT2D eigenvalue weighted by Gasteiger charge is 2.49. The molecule has 2 N–H and O–H groups in total. The third-order valence-corrected chi connectivity index (χ3v) is 8.89. The molecule has 35 heavy (non-hydrogen) atoms. The molecule has 5 rings (SSSR count). The number of thioether (sulfide) groups is 1. The molecule has 1 saturated heterocycles. The molecule has 1 aliphatic heterocycles. The van der Waals surface area contributed by atoms with E-state index < -0.39 is 30.1 Å². The minimum absolute atomic E-state index is 0.0419. The van der Waals surface area contributed by atoms with Crippen molar-refractivity contribution in [3.63, 3.8) is 0 Å². The van der Waals surface area contributed by atoms with E-state index >= 15 is 0 Å². The Morgan fingerprint density at radius 3 is 2.23 bits per heavy atom. The van der Waals surface area contributed by atoms with E-state index in [2.05, 4.69) is 29.6 Å². The predicted molar refractivity (Wildman–Crippen MR) is 134 cm³/mol. The van der Waals surface area contributed by atoms with Crippen LogP contribution in [0.4, 0.5) is 4.79 Å². The smallest absolute Gasteiger partial charge is 0.407 e. The highest BCUT2D eigenvalue weighted by atomic mass is 32.2. The van der Waals surface area contributed by atoms with Crippen LogP contribution in [0.1, 0.15) is 43.7 Å². The van der Waals surface area contributed by atoms with Crippen molar-refractivity contribution in [2.75, 3.05) is 12.4 Å². The Morgan fingerprint density at radius 1 is 1.06 bits per heavy atom. The van der Waals surface area contributed by atoms with Crippen LogP contribution in [0.3, 0.4) is 0 Å². The zero-order valence-electron chi connectivity index (χ0n) is 19.8. The zero-order valence-corrected chi connectivity index (χ0v) is 20.7. The van der Waals surface area contributed by atoms with Gasteiger partial charge in [0.15, 0.2) is 0 Å². The lowest BCUT2D eigenvalue weighted by atomic mass is 9.98. The Hall–Kier alpha value is -3.00. The number of benzene rings is 2. The van der Waals surface area contributed by atoms with Crippen molar-refractivity contribution < 1.29 is 24.2 Å². The molecule has 8 heteroatoms. The number of hydrogen-bond acceptors (Lipinski definition) is 5. The number of nitrogens with one attached hydrogen (secondary N) is 1. The van der Waals surface area contributed by atoms with E-state index in [1.807, 2.05) is 24.3 Å². The Morgan fingerprint density at radius 2 is 1.66 bits per heavy atom. The van der Waals surface area contributed by atoms with Crippen molar-refractivity contribution in [2.45, 2.75) is 50.1 Å². The van der Waals surface area contributed by atoms with Crippen molar-refractivity contribution in [3.05, 3.63) is 59.7 Å². The van der Waals surface area contributed by atoms with Crippen LogP contribution in [0.5, 0.6) is 0 Å². The number of carboxylic acid groups (broad SMARTS) is 1. The maximum absolute atomic E-state index is 13.3. The lowest BCUT2D eigenvalue weighted by Crippen LogP contribution is -2.52. The fraction of sp³-hybridized carbons (Fsp3) is 0.444. The summed E-state index contributed by atoms with van der Waals surface area (Å²) in [6, 6.07) is 15.0. The number of rotatable bonds is 7. The summed E-state index contributed by atoms with van der Waals surface area (Å²) in [6.07, 6.45) is 1.47. The van der Waals surface area contributed by atoms with Gasteiger partial charge in [-0.2, -0.15) is 0 Å². The molecule has 7 nitrogen and oxygen atoms in total. The molecule has 1 heterocycles. The molecule has 2 aliphatic carbocycles. The molecule has 184 valence electrons. The second-order valence-electron chi connectivity index (χ2n) is 9.71. The maximum atomic E-state index is 13.3. The topological polar surface area (TPSA) is 95.9 Å². The number of fused-ring (bicyclic) bond motifs is 3. The van der Waals surface area contributed by atoms with E-state index in [0.717, 1.165) is 35.1 Å². The first-order chi connectivity index (χ1) is 16.9. The minimum Gasteiger partial charge on any atom is -0.480 e. The average Bonchev–Trinajstić information content (AvgIpc) is 3.52. The monoisotopic (exact) mass is 494 g/mol. The fourth-order valence-corrected chi connectivity index (χ4v) is 6.78. The Bertz CT molecular complexity index is 1100. The van der Waals surface area contributed by atoms with Gasteiger partial charge in [-0.25, -0.2) is 9.59 Å². The lowest BCUT2D eigenvalue weighted by Gasteiger charge is -2.32. The van der Waals surface area contributed by atoms with Crippen LogP contribution in [0.2, 0.25) is 0 Å². The van der Waals surface area contributed by atoms with Crippen LogP contribution in [-0.4, -0.2) is 57.8 Å². The van der Waals surface area contributed by atoms with Gasteiger partial charge in [-0.05, 0) is 47.9 Å². The van der Waals surface area contributed by atoms with Crippen LogP contribution >= 0.6 is 11.8 Å². The molecule has 4 atom stereocenters. The number of nitrogens with zero attached hydrogens (tertiary/aromatic N) is 1. The van der Waals surface area contributed by atoms with Gasteiger partial charge < -0.3 is 20.1 Å². The summed E-state index contributed by atoms with van der Waals surface area (Å²) >= 11 is 1.55. The molecule has 3 aliphatic rings. The average molecular weight is 495 g/mol. The van der Waals surface area contributed by atoms with Gasteiger partial charge in [-0.1, -0.05) is 55.5 Å². The molecule has 1 saturated carbocycles. The number of carbonyl (C=O) groups is 3. The first-order valence-electron chi connectivity index (χ1n) is 12.1. The fourth-order valence-electron chi connectivity index (χ4n) is 5.14. The first-order valence-corrected chi connectivity index (χ1v) is 13.2. The van der Waals surface area contributed by atoms with Gasteiger partial charge in [0.05, 0.1) is 11.3 Å². The molecule has 2 aromatic rings. The van der Waals surface area contributed by atoms with Gasteiger partial charge in [0.2, 0.25) is 5.91 Å². The SMILES string of the molecule is CC(NC(=O)OCC1c2ccccc2-c2ccccc21)C(C)C(=O)N1C(C(=O)O)CSC1C1CC1. The van der Waals surface area contributed by atoms with E-state index in [1.165, 1.54) is 0 Å². The molecule has 0 radical (unpaired) electrons. The summed E-state index contributed by atoms with van der Waals surface area (Å²) < 4.78 is 5.62.